The number of non-ortho nitro benzene ring substituents is 1. The number of nitro groups is 1. The number of fused-ring (bicyclic) bond motifs is 2. The number of nitrogens with zero attached hydrogens (tertiary/aromatic N) is 5. The van der Waals surface area contributed by atoms with Gasteiger partial charge in [-0.3, -0.25) is 10.1 Å². The SMILES string of the molecule is O=[N+]([O-])c1ccc(-c2nn3c(-c4cc5ccccc5o4)nnc3s2)c(Cl)c1. The van der Waals surface area contributed by atoms with Gasteiger partial charge in [-0.15, -0.1) is 10.2 Å². The molecule has 0 amide bonds. The number of hydrogen-bond donors (Lipinski definition) is 0. The number of rotatable bonds is 3. The molecule has 132 valence electrons. The molecular weight excluding hydrogens is 390 g/mol. The van der Waals surface area contributed by atoms with Gasteiger partial charge in [0.15, 0.2) is 5.76 Å². The number of para-hydroxylation sites is 1. The molecule has 0 fully saturated rings. The largest absolute Gasteiger partial charge is 0.453 e. The quantitative estimate of drug-likeness (QED) is 0.319. The minimum Gasteiger partial charge on any atom is -0.453 e. The number of aromatic nitrogens is 4. The van der Waals surface area contributed by atoms with Crippen molar-refractivity contribution in [3.05, 3.63) is 63.7 Å². The van der Waals surface area contributed by atoms with Crippen LogP contribution in [0.3, 0.4) is 0 Å². The van der Waals surface area contributed by atoms with Crippen molar-refractivity contribution in [2.24, 2.45) is 0 Å². The zero-order valence-electron chi connectivity index (χ0n) is 13.4. The molecule has 0 aliphatic carbocycles. The number of furan rings is 1. The lowest BCUT2D eigenvalue weighted by Gasteiger charge is -1.99. The number of halogens is 1. The van der Waals surface area contributed by atoms with Gasteiger partial charge in [0, 0.05) is 23.1 Å². The average molecular weight is 398 g/mol. The van der Waals surface area contributed by atoms with Crippen LogP contribution in [0.25, 0.3) is 38.1 Å². The van der Waals surface area contributed by atoms with Crippen LogP contribution in [-0.2, 0) is 0 Å². The Bertz CT molecular complexity index is 1310. The third-order valence-corrected chi connectivity index (χ3v) is 5.28. The molecule has 2 aromatic carbocycles. The van der Waals surface area contributed by atoms with E-state index in [-0.39, 0.29) is 10.7 Å². The summed E-state index contributed by atoms with van der Waals surface area (Å²) in [6, 6.07) is 13.8. The van der Waals surface area contributed by atoms with Crippen molar-refractivity contribution in [3.63, 3.8) is 0 Å². The number of benzene rings is 2. The van der Waals surface area contributed by atoms with Crippen molar-refractivity contribution in [3.8, 4) is 22.2 Å². The summed E-state index contributed by atoms with van der Waals surface area (Å²) in [7, 11) is 0. The van der Waals surface area contributed by atoms with Gasteiger partial charge in [-0.25, -0.2) is 0 Å². The van der Waals surface area contributed by atoms with Gasteiger partial charge in [0.25, 0.3) is 5.69 Å². The van der Waals surface area contributed by atoms with Crippen LogP contribution >= 0.6 is 22.9 Å². The van der Waals surface area contributed by atoms with Crippen LogP contribution in [0.2, 0.25) is 5.02 Å². The molecule has 5 aromatic rings. The Balaban J connectivity index is 1.62. The molecule has 0 saturated carbocycles. The van der Waals surface area contributed by atoms with Crippen LogP contribution in [-0.4, -0.2) is 24.7 Å². The van der Waals surface area contributed by atoms with Crippen LogP contribution in [0.1, 0.15) is 0 Å². The van der Waals surface area contributed by atoms with Crippen molar-refractivity contribution in [2.45, 2.75) is 0 Å². The number of hydrogen-bond acceptors (Lipinski definition) is 7. The lowest BCUT2D eigenvalue weighted by atomic mass is 10.2. The second-order valence-electron chi connectivity index (χ2n) is 5.69. The standard InChI is InChI=1S/C17H8ClN5O3S/c18-12-8-10(23(24)25)5-6-11(12)16-21-22-15(19-20-17(22)27-16)14-7-9-3-1-2-4-13(9)26-14/h1-8H. The lowest BCUT2D eigenvalue weighted by molar-refractivity contribution is -0.384. The summed E-state index contributed by atoms with van der Waals surface area (Å²) < 4.78 is 7.42. The molecule has 0 N–H and O–H groups in total. The fraction of sp³-hybridized carbons (Fsp3) is 0. The Morgan fingerprint density at radius 3 is 2.78 bits per heavy atom. The molecule has 0 unspecified atom stereocenters. The van der Waals surface area contributed by atoms with E-state index in [0.717, 1.165) is 11.0 Å². The molecule has 0 saturated heterocycles. The van der Waals surface area contributed by atoms with Crippen molar-refractivity contribution < 1.29 is 9.34 Å². The van der Waals surface area contributed by atoms with Crippen molar-refractivity contribution in [1.29, 1.82) is 0 Å². The Labute approximate surface area is 159 Å². The first kappa shape index (κ1) is 15.9. The van der Waals surface area contributed by atoms with Crippen LogP contribution < -0.4 is 0 Å². The predicted molar refractivity (Wildman–Crippen MR) is 101 cm³/mol. The van der Waals surface area contributed by atoms with E-state index >= 15 is 0 Å². The highest BCUT2D eigenvalue weighted by atomic mass is 35.5. The molecule has 27 heavy (non-hydrogen) atoms. The van der Waals surface area contributed by atoms with Crippen LogP contribution in [0.5, 0.6) is 0 Å². The van der Waals surface area contributed by atoms with Gasteiger partial charge in [-0.1, -0.05) is 41.1 Å². The smallest absolute Gasteiger partial charge is 0.270 e. The fourth-order valence-electron chi connectivity index (χ4n) is 2.76. The van der Waals surface area contributed by atoms with Crippen molar-refractivity contribution >= 4 is 44.6 Å². The fourth-order valence-corrected chi connectivity index (χ4v) is 3.96. The minimum absolute atomic E-state index is 0.0743. The molecule has 0 aliphatic heterocycles. The first-order valence-electron chi connectivity index (χ1n) is 7.76. The minimum atomic E-state index is -0.492. The molecule has 0 bridgehead atoms. The summed E-state index contributed by atoms with van der Waals surface area (Å²) in [5, 5.41) is 25.5. The molecule has 5 rings (SSSR count). The van der Waals surface area contributed by atoms with E-state index in [0.29, 0.717) is 27.1 Å². The van der Waals surface area contributed by atoms with E-state index in [1.165, 1.54) is 23.5 Å². The van der Waals surface area contributed by atoms with E-state index in [4.69, 9.17) is 16.0 Å². The zero-order valence-corrected chi connectivity index (χ0v) is 14.9. The number of nitro benzene ring substituents is 1. The second kappa shape index (κ2) is 5.86. The van der Waals surface area contributed by atoms with Crippen LogP contribution in [0.15, 0.2) is 52.9 Å². The Morgan fingerprint density at radius 1 is 1.15 bits per heavy atom. The highest BCUT2D eigenvalue weighted by Crippen LogP contribution is 2.35. The summed E-state index contributed by atoms with van der Waals surface area (Å²) in [6.07, 6.45) is 0. The van der Waals surface area contributed by atoms with E-state index in [1.54, 1.807) is 10.6 Å². The molecule has 3 aromatic heterocycles. The van der Waals surface area contributed by atoms with Gasteiger partial charge < -0.3 is 4.42 Å². The van der Waals surface area contributed by atoms with E-state index in [9.17, 15) is 10.1 Å². The van der Waals surface area contributed by atoms with Gasteiger partial charge in [-0.05, 0) is 18.2 Å². The highest BCUT2D eigenvalue weighted by Gasteiger charge is 2.19. The van der Waals surface area contributed by atoms with Crippen molar-refractivity contribution in [1.82, 2.24) is 19.8 Å². The second-order valence-corrected chi connectivity index (χ2v) is 7.06. The van der Waals surface area contributed by atoms with Crippen LogP contribution in [0, 0.1) is 10.1 Å². The van der Waals surface area contributed by atoms with Gasteiger partial charge in [-0.2, -0.15) is 9.61 Å². The van der Waals surface area contributed by atoms with Gasteiger partial charge in [0.2, 0.25) is 10.8 Å². The molecule has 0 atom stereocenters. The van der Waals surface area contributed by atoms with Gasteiger partial charge in [0.1, 0.15) is 10.6 Å². The van der Waals surface area contributed by atoms with E-state index < -0.39 is 4.92 Å². The topological polar surface area (TPSA) is 99.4 Å². The van der Waals surface area contributed by atoms with Gasteiger partial charge in [0.05, 0.1) is 9.95 Å². The molecule has 3 heterocycles. The highest BCUT2D eigenvalue weighted by molar-refractivity contribution is 7.19. The third kappa shape index (κ3) is 2.56. The summed E-state index contributed by atoms with van der Waals surface area (Å²) in [5.74, 6) is 1.03. The molecule has 10 heteroatoms. The summed E-state index contributed by atoms with van der Waals surface area (Å²) in [6.45, 7) is 0. The summed E-state index contributed by atoms with van der Waals surface area (Å²) in [4.78, 5) is 10.9. The Hall–Kier alpha value is -3.30. The third-order valence-electron chi connectivity index (χ3n) is 4.03. The van der Waals surface area contributed by atoms with Crippen LogP contribution in [0.4, 0.5) is 5.69 Å². The summed E-state index contributed by atoms with van der Waals surface area (Å²) in [5.41, 5.74) is 1.26. The van der Waals surface area contributed by atoms with Crippen molar-refractivity contribution in [2.75, 3.05) is 0 Å². The molecule has 8 nitrogen and oxygen atoms in total. The monoisotopic (exact) mass is 397 g/mol. The molecule has 0 aliphatic rings. The molecule has 0 spiro atoms. The maximum absolute atomic E-state index is 10.9. The van der Waals surface area contributed by atoms with E-state index in [2.05, 4.69) is 15.3 Å². The normalized spacial score (nSPS) is 11.4. The Kier molecular flexibility index (Phi) is 3.46. The molecular formula is C17H8ClN5O3S. The summed E-state index contributed by atoms with van der Waals surface area (Å²) >= 11 is 7.49. The Morgan fingerprint density at radius 2 is 2.00 bits per heavy atom. The first-order chi connectivity index (χ1) is 13.1. The average Bonchev–Trinajstić information content (AvgIpc) is 3.34. The van der Waals surface area contributed by atoms with Gasteiger partial charge >= 0.3 is 0 Å². The first-order valence-corrected chi connectivity index (χ1v) is 8.95. The maximum Gasteiger partial charge on any atom is 0.270 e. The maximum atomic E-state index is 10.9. The lowest BCUT2D eigenvalue weighted by Crippen LogP contribution is -1.91. The zero-order chi connectivity index (χ0) is 18.5. The predicted octanol–water partition coefficient (Wildman–Crippen LogP) is 4.83. The van der Waals surface area contributed by atoms with E-state index in [1.807, 2.05) is 30.3 Å². The molecule has 0 radical (unpaired) electrons.